The van der Waals surface area contributed by atoms with Crippen LogP contribution in [0.15, 0.2) is 35.3 Å². The van der Waals surface area contributed by atoms with Gasteiger partial charge in [-0.15, -0.1) is 35.3 Å². The van der Waals surface area contributed by atoms with Crippen LogP contribution in [-0.2, 0) is 4.79 Å². The van der Waals surface area contributed by atoms with Gasteiger partial charge in [0.15, 0.2) is 5.96 Å². The standard InChI is InChI=1S/C20H28N4O2S.HI/c1-21-20(23-13-19(26)24-15-8-3-2-4-9-15)22-12-16(25)18-11-14-7-5-6-10-17(14)27-18;/h5-7,10-11,15-16,25H,2-4,8-9,12-13H2,1H3,(H,24,26)(H2,21,22,23);1H. The maximum absolute atomic E-state index is 12.1. The van der Waals surface area contributed by atoms with Crippen LogP contribution in [0.25, 0.3) is 10.1 Å². The molecular weight excluding hydrogens is 487 g/mol. The second kappa shape index (κ2) is 11.6. The average molecular weight is 516 g/mol. The van der Waals surface area contributed by atoms with Crippen LogP contribution in [0.4, 0.5) is 0 Å². The van der Waals surface area contributed by atoms with Crippen LogP contribution in [0.5, 0.6) is 0 Å². The molecule has 0 saturated heterocycles. The highest BCUT2D eigenvalue weighted by molar-refractivity contribution is 14.0. The lowest BCUT2D eigenvalue weighted by molar-refractivity contribution is -0.120. The second-order valence-electron chi connectivity index (χ2n) is 6.91. The highest BCUT2D eigenvalue weighted by Gasteiger charge is 2.16. The van der Waals surface area contributed by atoms with Crippen LogP contribution in [-0.4, -0.2) is 43.2 Å². The molecule has 1 atom stereocenters. The summed E-state index contributed by atoms with van der Waals surface area (Å²) in [6, 6.07) is 10.4. The number of fused-ring (bicyclic) bond motifs is 1. The van der Waals surface area contributed by atoms with Gasteiger partial charge in [0.05, 0.1) is 6.54 Å². The van der Waals surface area contributed by atoms with Gasteiger partial charge in [0.25, 0.3) is 0 Å². The van der Waals surface area contributed by atoms with Crippen molar-refractivity contribution in [1.82, 2.24) is 16.0 Å². The van der Waals surface area contributed by atoms with Crippen LogP contribution in [0.1, 0.15) is 43.1 Å². The van der Waals surface area contributed by atoms with Crippen molar-refractivity contribution in [2.75, 3.05) is 20.1 Å². The van der Waals surface area contributed by atoms with Crippen molar-refractivity contribution in [1.29, 1.82) is 0 Å². The van der Waals surface area contributed by atoms with E-state index in [2.05, 4.69) is 27.0 Å². The third kappa shape index (κ3) is 6.59. The largest absolute Gasteiger partial charge is 0.386 e. The van der Waals surface area contributed by atoms with Gasteiger partial charge >= 0.3 is 0 Å². The van der Waals surface area contributed by atoms with E-state index in [-0.39, 0.29) is 36.4 Å². The molecule has 1 saturated carbocycles. The van der Waals surface area contributed by atoms with Gasteiger partial charge in [-0.25, -0.2) is 0 Å². The van der Waals surface area contributed by atoms with Crippen molar-refractivity contribution in [3.8, 4) is 0 Å². The summed E-state index contributed by atoms with van der Waals surface area (Å²) >= 11 is 1.59. The van der Waals surface area contributed by atoms with Crippen molar-refractivity contribution in [3.63, 3.8) is 0 Å². The minimum absolute atomic E-state index is 0. The van der Waals surface area contributed by atoms with E-state index in [0.29, 0.717) is 18.5 Å². The molecule has 1 aliphatic rings. The number of amides is 1. The Labute approximate surface area is 187 Å². The normalized spacial score (nSPS) is 16.3. The minimum atomic E-state index is -0.628. The van der Waals surface area contributed by atoms with E-state index in [1.54, 1.807) is 18.4 Å². The first-order valence-electron chi connectivity index (χ1n) is 9.56. The Hall–Kier alpha value is -1.39. The molecule has 154 valence electrons. The number of nitrogens with zero attached hydrogens (tertiary/aromatic N) is 1. The Bertz CT molecular complexity index is 756. The van der Waals surface area contributed by atoms with Gasteiger partial charge in [-0.1, -0.05) is 37.5 Å². The molecule has 8 heteroatoms. The van der Waals surface area contributed by atoms with Gasteiger partial charge in [0.1, 0.15) is 6.10 Å². The first kappa shape index (κ1) is 22.9. The molecule has 1 aliphatic carbocycles. The number of hydrogen-bond donors (Lipinski definition) is 4. The molecule has 1 aromatic heterocycles. The maximum atomic E-state index is 12.1. The van der Waals surface area contributed by atoms with Crippen molar-refractivity contribution in [3.05, 3.63) is 35.2 Å². The number of aliphatic imine (C=N–C) groups is 1. The minimum Gasteiger partial charge on any atom is -0.386 e. The summed E-state index contributed by atoms with van der Waals surface area (Å²) in [5, 5.41) is 20.8. The molecule has 2 aromatic rings. The Morgan fingerprint density at radius 2 is 2.00 bits per heavy atom. The summed E-state index contributed by atoms with van der Waals surface area (Å²) in [6.45, 7) is 0.506. The van der Waals surface area contributed by atoms with Gasteiger partial charge in [-0.05, 0) is 30.4 Å². The van der Waals surface area contributed by atoms with Crippen molar-refractivity contribution in [2.45, 2.75) is 44.2 Å². The van der Waals surface area contributed by atoms with Gasteiger partial charge in [0.2, 0.25) is 5.91 Å². The topological polar surface area (TPSA) is 85.8 Å². The Morgan fingerprint density at radius 3 is 2.71 bits per heavy atom. The fraction of sp³-hybridized carbons (Fsp3) is 0.500. The molecule has 0 bridgehead atoms. The molecule has 1 heterocycles. The number of guanidine groups is 1. The SMILES string of the molecule is CN=C(NCC(=O)NC1CCCCC1)NCC(O)c1cc2ccccc2s1.I. The number of halogens is 1. The summed E-state index contributed by atoms with van der Waals surface area (Å²) in [5.74, 6) is 0.490. The molecule has 28 heavy (non-hydrogen) atoms. The van der Waals surface area contributed by atoms with Crippen LogP contribution >= 0.6 is 35.3 Å². The molecular formula is C20H29IN4O2S. The molecule has 6 nitrogen and oxygen atoms in total. The van der Waals surface area contributed by atoms with E-state index in [0.717, 1.165) is 27.8 Å². The van der Waals surface area contributed by atoms with Crippen LogP contribution in [0.2, 0.25) is 0 Å². The number of aliphatic hydroxyl groups is 1. The zero-order valence-electron chi connectivity index (χ0n) is 16.1. The number of benzene rings is 1. The first-order chi connectivity index (χ1) is 13.2. The maximum Gasteiger partial charge on any atom is 0.239 e. The van der Waals surface area contributed by atoms with E-state index >= 15 is 0 Å². The quantitative estimate of drug-likeness (QED) is 0.270. The zero-order valence-corrected chi connectivity index (χ0v) is 19.3. The van der Waals surface area contributed by atoms with Gasteiger partial charge in [0, 0.05) is 29.2 Å². The lowest BCUT2D eigenvalue weighted by atomic mass is 9.95. The Balaban J connectivity index is 0.00000280. The molecule has 1 amide bonds. The second-order valence-corrected chi connectivity index (χ2v) is 8.03. The van der Waals surface area contributed by atoms with Crippen molar-refractivity contribution < 1.29 is 9.90 Å². The highest BCUT2D eigenvalue weighted by Crippen LogP contribution is 2.29. The van der Waals surface area contributed by atoms with Crippen molar-refractivity contribution in [2.24, 2.45) is 4.99 Å². The zero-order chi connectivity index (χ0) is 19.1. The number of carbonyl (C=O) groups is 1. The summed E-state index contributed by atoms with van der Waals surface area (Å²) in [6.07, 6.45) is 5.16. The Kier molecular flexibility index (Phi) is 9.46. The molecule has 4 N–H and O–H groups in total. The Morgan fingerprint density at radius 1 is 1.25 bits per heavy atom. The van der Waals surface area contributed by atoms with E-state index < -0.39 is 6.10 Å². The van der Waals surface area contributed by atoms with Crippen LogP contribution in [0, 0.1) is 0 Å². The summed E-state index contributed by atoms with van der Waals surface area (Å²) in [5.41, 5.74) is 0. The highest BCUT2D eigenvalue weighted by atomic mass is 127. The van der Waals surface area contributed by atoms with E-state index in [1.165, 1.54) is 19.3 Å². The lowest BCUT2D eigenvalue weighted by Gasteiger charge is -2.23. The first-order valence-corrected chi connectivity index (χ1v) is 10.4. The molecule has 0 spiro atoms. The molecule has 0 aliphatic heterocycles. The van der Waals surface area contributed by atoms with E-state index in [1.807, 2.05) is 24.3 Å². The van der Waals surface area contributed by atoms with E-state index in [4.69, 9.17) is 0 Å². The fourth-order valence-corrected chi connectivity index (χ4v) is 4.42. The van der Waals surface area contributed by atoms with Gasteiger partial charge in [-0.3, -0.25) is 9.79 Å². The number of hydrogen-bond acceptors (Lipinski definition) is 4. The van der Waals surface area contributed by atoms with Gasteiger partial charge < -0.3 is 21.1 Å². The van der Waals surface area contributed by atoms with E-state index in [9.17, 15) is 9.90 Å². The summed E-state index contributed by atoms with van der Waals surface area (Å²) < 4.78 is 1.16. The third-order valence-electron chi connectivity index (χ3n) is 4.85. The van der Waals surface area contributed by atoms with Crippen LogP contribution in [0.3, 0.4) is 0 Å². The van der Waals surface area contributed by atoms with Crippen LogP contribution < -0.4 is 16.0 Å². The lowest BCUT2D eigenvalue weighted by Crippen LogP contribution is -2.46. The predicted molar refractivity (Wildman–Crippen MR) is 127 cm³/mol. The van der Waals surface area contributed by atoms with Gasteiger partial charge in [-0.2, -0.15) is 0 Å². The number of thiophene rings is 1. The molecule has 0 radical (unpaired) electrons. The number of carbonyl (C=O) groups excluding carboxylic acids is 1. The third-order valence-corrected chi connectivity index (χ3v) is 6.06. The summed E-state index contributed by atoms with van der Waals surface area (Å²) in [4.78, 5) is 17.1. The smallest absolute Gasteiger partial charge is 0.239 e. The molecule has 1 fully saturated rings. The average Bonchev–Trinajstić information content (AvgIpc) is 3.13. The predicted octanol–water partition coefficient (Wildman–Crippen LogP) is 3.17. The fourth-order valence-electron chi connectivity index (χ4n) is 3.37. The molecule has 1 aromatic carbocycles. The number of rotatable bonds is 6. The summed E-state index contributed by atoms with van der Waals surface area (Å²) in [7, 11) is 1.65. The number of aliphatic hydroxyl groups excluding tert-OH is 1. The molecule has 3 rings (SSSR count). The van der Waals surface area contributed by atoms with Crippen molar-refractivity contribution >= 4 is 57.3 Å². The molecule has 1 unspecified atom stereocenters. The number of nitrogens with one attached hydrogen (secondary N) is 3. The monoisotopic (exact) mass is 516 g/mol.